The van der Waals surface area contributed by atoms with Crippen molar-refractivity contribution in [3.05, 3.63) is 23.8 Å². The predicted molar refractivity (Wildman–Crippen MR) is 76.6 cm³/mol. The van der Waals surface area contributed by atoms with E-state index in [1.54, 1.807) is 4.57 Å². The van der Waals surface area contributed by atoms with Crippen LogP contribution in [0, 0.1) is 11.6 Å². The summed E-state index contributed by atoms with van der Waals surface area (Å²) in [5.41, 5.74) is 6.40. The number of nitrogens with zero attached hydrogens (tertiary/aromatic N) is 3. The molecule has 2 N–H and O–H groups in total. The highest BCUT2D eigenvalue weighted by Crippen LogP contribution is 2.27. The molecular weight excluding hydrogens is 262 g/mol. The molecule has 0 aliphatic heterocycles. The van der Waals surface area contributed by atoms with Gasteiger partial charge in [-0.25, -0.2) is 13.8 Å². The van der Waals surface area contributed by atoms with E-state index < -0.39 is 11.6 Å². The third-order valence-corrected chi connectivity index (χ3v) is 3.63. The standard InChI is InChI=1S/C14H20F2N4/c1-4-19(5-2)8-9(3)20-13-11(18-14(20)17)7-6-10(15)12(13)16/h6-7,9H,4-5,8H2,1-3H3,(H2,17,18). The maximum atomic E-state index is 14.0. The van der Waals surface area contributed by atoms with Gasteiger partial charge in [0.2, 0.25) is 5.95 Å². The largest absolute Gasteiger partial charge is 0.369 e. The van der Waals surface area contributed by atoms with Crippen LogP contribution in [0.4, 0.5) is 14.7 Å². The van der Waals surface area contributed by atoms with Crippen molar-refractivity contribution in [3.63, 3.8) is 0 Å². The number of nitrogen functional groups attached to an aromatic ring is 1. The van der Waals surface area contributed by atoms with Gasteiger partial charge in [-0.2, -0.15) is 0 Å². The summed E-state index contributed by atoms with van der Waals surface area (Å²) < 4.78 is 29.0. The minimum atomic E-state index is -0.891. The lowest BCUT2D eigenvalue weighted by Crippen LogP contribution is -2.30. The molecule has 0 radical (unpaired) electrons. The third-order valence-electron chi connectivity index (χ3n) is 3.63. The van der Waals surface area contributed by atoms with Gasteiger partial charge in [-0.05, 0) is 32.1 Å². The molecule has 1 aromatic carbocycles. The zero-order valence-electron chi connectivity index (χ0n) is 12.0. The fourth-order valence-electron chi connectivity index (χ4n) is 2.52. The van der Waals surface area contributed by atoms with Gasteiger partial charge < -0.3 is 15.2 Å². The van der Waals surface area contributed by atoms with Crippen LogP contribution in [0.1, 0.15) is 26.8 Å². The second-order valence-corrected chi connectivity index (χ2v) is 4.90. The summed E-state index contributed by atoms with van der Waals surface area (Å²) in [5.74, 6) is -1.56. The lowest BCUT2D eigenvalue weighted by atomic mass is 10.2. The summed E-state index contributed by atoms with van der Waals surface area (Å²) in [6, 6.07) is 2.44. The molecule has 0 amide bonds. The second-order valence-electron chi connectivity index (χ2n) is 4.90. The quantitative estimate of drug-likeness (QED) is 0.917. The molecule has 0 saturated carbocycles. The van der Waals surface area contributed by atoms with Crippen molar-refractivity contribution in [3.8, 4) is 0 Å². The van der Waals surface area contributed by atoms with E-state index in [1.165, 1.54) is 6.07 Å². The van der Waals surface area contributed by atoms with Crippen molar-refractivity contribution in [2.75, 3.05) is 25.4 Å². The van der Waals surface area contributed by atoms with E-state index in [4.69, 9.17) is 5.73 Å². The van der Waals surface area contributed by atoms with E-state index in [0.29, 0.717) is 12.1 Å². The van der Waals surface area contributed by atoms with Crippen LogP contribution >= 0.6 is 0 Å². The molecule has 110 valence electrons. The number of halogens is 2. The number of hydrogen-bond acceptors (Lipinski definition) is 3. The summed E-state index contributed by atoms with van der Waals surface area (Å²) in [5, 5.41) is 0. The lowest BCUT2D eigenvalue weighted by molar-refractivity contribution is 0.264. The van der Waals surface area contributed by atoms with Crippen molar-refractivity contribution >= 4 is 17.0 Å². The minimum Gasteiger partial charge on any atom is -0.369 e. The predicted octanol–water partition coefficient (Wildman–Crippen LogP) is 2.80. The molecule has 1 heterocycles. The van der Waals surface area contributed by atoms with E-state index >= 15 is 0 Å². The van der Waals surface area contributed by atoms with Gasteiger partial charge in [-0.1, -0.05) is 13.8 Å². The molecule has 4 nitrogen and oxygen atoms in total. The lowest BCUT2D eigenvalue weighted by Gasteiger charge is -2.24. The Morgan fingerprint density at radius 1 is 1.30 bits per heavy atom. The Balaban J connectivity index is 2.47. The van der Waals surface area contributed by atoms with Gasteiger partial charge in [0.25, 0.3) is 0 Å². The van der Waals surface area contributed by atoms with Crippen molar-refractivity contribution in [2.45, 2.75) is 26.8 Å². The van der Waals surface area contributed by atoms with Crippen LogP contribution < -0.4 is 5.73 Å². The van der Waals surface area contributed by atoms with Crippen LogP contribution in [-0.4, -0.2) is 34.1 Å². The van der Waals surface area contributed by atoms with E-state index in [0.717, 1.165) is 19.2 Å². The van der Waals surface area contributed by atoms with Crippen LogP contribution in [0.2, 0.25) is 0 Å². The fraction of sp³-hybridized carbons (Fsp3) is 0.500. The number of rotatable bonds is 5. The number of anilines is 1. The van der Waals surface area contributed by atoms with E-state index in [9.17, 15) is 8.78 Å². The molecule has 1 atom stereocenters. The van der Waals surface area contributed by atoms with Gasteiger partial charge in [0.15, 0.2) is 11.6 Å². The Hall–Kier alpha value is -1.69. The molecule has 6 heteroatoms. The van der Waals surface area contributed by atoms with Gasteiger partial charge >= 0.3 is 0 Å². The van der Waals surface area contributed by atoms with Crippen LogP contribution in [0.15, 0.2) is 12.1 Å². The van der Waals surface area contributed by atoms with Crippen LogP contribution in [-0.2, 0) is 0 Å². The number of hydrogen-bond donors (Lipinski definition) is 1. The summed E-state index contributed by atoms with van der Waals surface area (Å²) in [4.78, 5) is 6.31. The molecule has 0 bridgehead atoms. The molecule has 2 rings (SSSR count). The molecule has 20 heavy (non-hydrogen) atoms. The SMILES string of the molecule is CCN(CC)CC(C)n1c(N)nc2ccc(F)c(F)c21. The minimum absolute atomic E-state index is 0.0869. The molecule has 0 saturated heterocycles. The smallest absolute Gasteiger partial charge is 0.201 e. The molecule has 2 aromatic rings. The summed E-state index contributed by atoms with van der Waals surface area (Å²) in [7, 11) is 0. The van der Waals surface area contributed by atoms with Gasteiger partial charge in [-0.15, -0.1) is 0 Å². The fourth-order valence-corrected chi connectivity index (χ4v) is 2.52. The first-order valence-electron chi connectivity index (χ1n) is 6.83. The van der Waals surface area contributed by atoms with Gasteiger partial charge in [0.1, 0.15) is 5.52 Å². The topological polar surface area (TPSA) is 47.1 Å². The number of benzene rings is 1. The number of nitrogens with two attached hydrogens (primary N) is 1. The molecule has 0 aliphatic rings. The second kappa shape index (κ2) is 5.75. The van der Waals surface area contributed by atoms with Crippen molar-refractivity contribution in [1.82, 2.24) is 14.5 Å². The highest BCUT2D eigenvalue weighted by Gasteiger charge is 2.20. The van der Waals surface area contributed by atoms with E-state index in [1.807, 2.05) is 6.92 Å². The maximum absolute atomic E-state index is 14.0. The van der Waals surface area contributed by atoms with Crippen molar-refractivity contribution in [1.29, 1.82) is 0 Å². The zero-order chi connectivity index (χ0) is 14.9. The van der Waals surface area contributed by atoms with Crippen molar-refractivity contribution < 1.29 is 8.78 Å². The summed E-state index contributed by atoms with van der Waals surface area (Å²) >= 11 is 0. The molecule has 0 spiro atoms. The molecule has 0 fully saturated rings. The van der Waals surface area contributed by atoms with Crippen LogP contribution in [0.5, 0.6) is 0 Å². The summed E-state index contributed by atoms with van der Waals surface area (Å²) in [6.07, 6.45) is 0. The average Bonchev–Trinajstić information content (AvgIpc) is 2.77. The number of fused-ring (bicyclic) bond motifs is 1. The highest BCUT2D eigenvalue weighted by atomic mass is 19.2. The first kappa shape index (κ1) is 14.7. The highest BCUT2D eigenvalue weighted by molar-refractivity contribution is 5.79. The van der Waals surface area contributed by atoms with Crippen LogP contribution in [0.25, 0.3) is 11.0 Å². The molecule has 1 unspecified atom stereocenters. The first-order valence-corrected chi connectivity index (χ1v) is 6.83. The Bertz CT molecular complexity index is 605. The zero-order valence-corrected chi connectivity index (χ0v) is 12.0. The molecular formula is C14H20F2N4. The monoisotopic (exact) mass is 282 g/mol. The normalized spacial score (nSPS) is 13.3. The Kier molecular flexibility index (Phi) is 4.23. The van der Waals surface area contributed by atoms with E-state index in [-0.39, 0.29) is 17.5 Å². The number of likely N-dealkylation sites (N-methyl/N-ethyl adjacent to an activating group) is 1. The van der Waals surface area contributed by atoms with Crippen molar-refractivity contribution in [2.24, 2.45) is 0 Å². The first-order chi connectivity index (χ1) is 9.49. The number of aromatic nitrogens is 2. The van der Waals surface area contributed by atoms with Gasteiger partial charge in [0, 0.05) is 12.6 Å². The summed E-state index contributed by atoms with van der Waals surface area (Å²) in [6.45, 7) is 8.55. The number of imidazole rings is 1. The van der Waals surface area contributed by atoms with Crippen LogP contribution in [0.3, 0.4) is 0 Å². The Morgan fingerprint density at radius 2 is 1.95 bits per heavy atom. The Labute approximate surface area is 117 Å². The maximum Gasteiger partial charge on any atom is 0.201 e. The molecule has 1 aromatic heterocycles. The van der Waals surface area contributed by atoms with Gasteiger partial charge in [0.05, 0.1) is 5.52 Å². The Morgan fingerprint density at radius 3 is 2.55 bits per heavy atom. The average molecular weight is 282 g/mol. The van der Waals surface area contributed by atoms with Gasteiger partial charge in [-0.3, -0.25) is 0 Å². The molecule has 0 aliphatic carbocycles. The van der Waals surface area contributed by atoms with E-state index in [2.05, 4.69) is 23.7 Å². The third kappa shape index (κ3) is 2.47.